The zero-order chi connectivity index (χ0) is 26.7. The third-order valence-electron chi connectivity index (χ3n) is 7.44. The van der Waals surface area contributed by atoms with Crippen LogP contribution in [0.25, 0.3) is 0 Å². The first kappa shape index (κ1) is 27.9. The number of hydrogen-bond donors (Lipinski definition) is 2. The summed E-state index contributed by atoms with van der Waals surface area (Å²) >= 11 is 6.25. The molecule has 4 rings (SSSR count). The minimum Gasteiger partial charge on any atom is -0.350 e. The average Bonchev–Trinajstić information content (AvgIpc) is 3.12. The zero-order valence-electron chi connectivity index (χ0n) is 22.0. The van der Waals surface area contributed by atoms with Crippen molar-refractivity contribution >= 4 is 35.0 Å². The molecule has 0 aromatic heterocycles. The van der Waals surface area contributed by atoms with Gasteiger partial charge in [-0.1, -0.05) is 99.7 Å². The van der Waals surface area contributed by atoms with Crippen LogP contribution in [0.2, 0.25) is 0 Å². The van der Waals surface area contributed by atoms with Crippen LogP contribution in [-0.2, 0) is 16.0 Å². The molecule has 1 heterocycles. The van der Waals surface area contributed by atoms with Crippen LogP contribution in [0.15, 0.2) is 65.3 Å². The molecule has 202 valence electrons. The van der Waals surface area contributed by atoms with Crippen LogP contribution < -0.4 is 10.6 Å². The topological polar surface area (TPSA) is 78.5 Å². The molecular weight excluding hydrogens is 498 g/mol. The first-order valence-electron chi connectivity index (χ1n) is 14.0. The van der Waals surface area contributed by atoms with Crippen molar-refractivity contribution in [2.45, 2.75) is 83.1 Å². The maximum atomic E-state index is 13.0. The Bertz CT molecular complexity index is 1120. The van der Waals surface area contributed by atoms with Crippen LogP contribution in [0.5, 0.6) is 0 Å². The normalized spacial score (nSPS) is 18.2. The summed E-state index contributed by atoms with van der Waals surface area (Å²) in [4.78, 5) is 39.7. The highest BCUT2D eigenvalue weighted by atomic mass is 35.5. The maximum absolute atomic E-state index is 13.0. The number of nitrogens with zero attached hydrogens (tertiary/aromatic N) is 1. The Balaban J connectivity index is 1.32. The highest BCUT2D eigenvalue weighted by molar-refractivity contribution is 6.48. The van der Waals surface area contributed by atoms with Gasteiger partial charge in [0.25, 0.3) is 17.7 Å². The number of imide groups is 1. The van der Waals surface area contributed by atoms with Crippen LogP contribution in [-0.4, -0.2) is 35.2 Å². The van der Waals surface area contributed by atoms with Gasteiger partial charge in [-0.3, -0.25) is 19.3 Å². The quantitative estimate of drug-likeness (QED) is 0.393. The maximum Gasteiger partial charge on any atom is 0.278 e. The van der Waals surface area contributed by atoms with Gasteiger partial charge in [0.2, 0.25) is 0 Å². The second-order valence-electron chi connectivity index (χ2n) is 10.3. The summed E-state index contributed by atoms with van der Waals surface area (Å²) in [6.07, 6.45) is 13.9. The van der Waals surface area contributed by atoms with E-state index in [-0.39, 0.29) is 29.2 Å². The number of benzene rings is 2. The number of amides is 3. The highest BCUT2D eigenvalue weighted by Crippen LogP contribution is 2.26. The van der Waals surface area contributed by atoms with Gasteiger partial charge in [0.05, 0.1) is 0 Å². The van der Waals surface area contributed by atoms with Gasteiger partial charge in [-0.15, -0.1) is 0 Å². The van der Waals surface area contributed by atoms with E-state index in [1.54, 1.807) is 24.3 Å². The molecule has 1 saturated carbocycles. The first-order valence-corrected chi connectivity index (χ1v) is 14.4. The molecule has 2 aromatic carbocycles. The Kier molecular flexibility index (Phi) is 10.4. The molecule has 0 bridgehead atoms. The lowest BCUT2D eigenvalue weighted by atomic mass is 9.97. The number of carbonyl (C=O) groups is 3. The Morgan fingerprint density at radius 3 is 1.97 bits per heavy atom. The predicted octanol–water partition coefficient (Wildman–Crippen LogP) is 6.56. The van der Waals surface area contributed by atoms with E-state index in [4.69, 9.17) is 11.6 Å². The van der Waals surface area contributed by atoms with E-state index in [1.165, 1.54) is 49.8 Å². The third kappa shape index (κ3) is 7.70. The van der Waals surface area contributed by atoms with E-state index in [2.05, 4.69) is 10.6 Å². The van der Waals surface area contributed by atoms with Crippen molar-refractivity contribution in [3.63, 3.8) is 0 Å². The average molecular weight is 536 g/mol. The predicted molar refractivity (Wildman–Crippen MR) is 152 cm³/mol. The van der Waals surface area contributed by atoms with Gasteiger partial charge >= 0.3 is 0 Å². The van der Waals surface area contributed by atoms with Crippen LogP contribution in [0.3, 0.4) is 0 Å². The largest absolute Gasteiger partial charge is 0.350 e. The summed E-state index contributed by atoms with van der Waals surface area (Å²) in [5.41, 5.74) is 2.26. The van der Waals surface area contributed by atoms with Crippen molar-refractivity contribution < 1.29 is 14.4 Å². The second-order valence-corrected chi connectivity index (χ2v) is 10.7. The number of carbonyl (C=O) groups excluding carboxylic acids is 3. The lowest BCUT2D eigenvalue weighted by molar-refractivity contribution is -0.137. The first-order chi connectivity index (χ1) is 18.5. The fourth-order valence-electron chi connectivity index (χ4n) is 5.17. The van der Waals surface area contributed by atoms with Crippen molar-refractivity contribution in [1.82, 2.24) is 10.2 Å². The summed E-state index contributed by atoms with van der Waals surface area (Å²) in [5.74, 6) is -1.02. The van der Waals surface area contributed by atoms with Gasteiger partial charge in [0.1, 0.15) is 10.7 Å². The van der Waals surface area contributed by atoms with Crippen LogP contribution in [0.1, 0.15) is 86.6 Å². The third-order valence-corrected chi connectivity index (χ3v) is 7.79. The fraction of sp³-hybridized carbons (Fsp3) is 0.452. The molecule has 1 aliphatic carbocycles. The number of rotatable bonds is 7. The summed E-state index contributed by atoms with van der Waals surface area (Å²) in [7, 11) is 0. The molecule has 0 saturated heterocycles. The van der Waals surface area contributed by atoms with Crippen molar-refractivity contribution in [3.8, 4) is 0 Å². The van der Waals surface area contributed by atoms with Gasteiger partial charge in [-0.05, 0) is 49.1 Å². The van der Waals surface area contributed by atoms with Crippen molar-refractivity contribution in [3.05, 3.63) is 76.5 Å². The molecular formula is C31H38ClN3O3. The molecule has 0 atom stereocenters. The van der Waals surface area contributed by atoms with Crippen molar-refractivity contribution in [1.29, 1.82) is 0 Å². The molecule has 0 radical (unpaired) electrons. The van der Waals surface area contributed by atoms with E-state index in [1.807, 2.05) is 30.3 Å². The number of nitrogens with one attached hydrogen (secondary N) is 2. The number of halogens is 1. The van der Waals surface area contributed by atoms with Gasteiger partial charge in [0, 0.05) is 23.8 Å². The molecule has 0 spiro atoms. The molecule has 3 amide bonds. The minimum atomic E-state index is -0.497. The van der Waals surface area contributed by atoms with E-state index in [9.17, 15) is 14.4 Å². The second kappa shape index (κ2) is 14.1. The standard InChI is InChI=1S/C31H38ClN3O3/c32-27-28(31(38)35(30(27)37)22-21-23-13-9-8-10-14-23)33-26-19-17-24(18-20-26)29(36)34-25-15-11-6-4-2-1-3-5-7-12-16-25/h8-10,13-14,17-20,25,33H,1-7,11-12,15-16,21-22H2,(H,34,36). The smallest absolute Gasteiger partial charge is 0.278 e. The van der Waals surface area contributed by atoms with Crippen LogP contribution in [0.4, 0.5) is 5.69 Å². The molecule has 2 aliphatic rings. The van der Waals surface area contributed by atoms with Crippen molar-refractivity contribution in [2.24, 2.45) is 0 Å². The molecule has 7 heteroatoms. The SMILES string of the molecule is O=C(NC1CCCCCCCCCCC1)c1ccc(NC2=C(Cl)C(=O)N(CCc3ccccc3)C2=O)cc1. The van der Waals surface area contributed by atoms with Gasteiger partial charge in [-0.25, -0.2) is 0 Å². The van der Waals surface area contributed by atoms with Gasteiger partial charge in [0.15, 0.2) is 0 Å². The molecule has 1 aliphatic heterocycles. The number of hydrogen-bond acceptors (Lipinski definition) is 4. The molecule has 6 nitrogen and oxygen atoms in total. The van der Waals surface area contributed by atoms with Crippen LogP contribution in [0, 0.1) is 0 Å². The Morgan fingerprint density at radius 1 is 0.789 bits per heavy atom. The van der Waals surface area contributed by atoms with Crippen molar-refractivity contribution in [2.75, 3.05) is 11.9 Å². The lowest BCUT2D eigenvalue weighted by Gasteiger charge is -2.20. The molecule has 0 unspecified atom stereocenters. The summed E-state index contributed by atoms with van der Waals surface area (Å²) in [6.45, 7) is 0.253. The van der Waals surface area contributed by atoms with E-state index < -0.39 is 11.8 Å². The lowest BCUT2D eigenvalue weighted by Crippen LogP contribution is -2.35. The van der Waals surface area contributed by atoms with E-state index in [0.29, 0.717) is 17.7 Å². The van der Waals surface area contributed by atoms with Gasteiger partial charge in [-0.2, -0.15) is 0 Å². The summed E-state index contributed by atoms with van der Waals surface area (Å²) in [5, 5.41) is 6.11. The van der Waals surface area contributed by atoms with Crippen LogP contribution >= 0.6 is 11.6 Å². The van der Waals surface area contributed by atoms with Gasteiger partial charge < -0.3 is 10.6 Å². The Labute approximate surface area is 230 Å². The van der Waals surface area contributed by atoms with E-state index >= 15 is 0 Å². The minimum absolute atomic E-state index is 0.0650. The van der Waals surface area contributed by atoms with E-state index in [0.717, 1.165) is 31.2 Å². The fourth-order valence-corrected chi connectivity index (χ4v) is 5.40. The molecule has 2 N–H and O–H groups in total. The highest BCUT2D eigenvalue weighted by Gasteiger charge is 2.37. The molecule has 38 heavy (non-hydrogen) atoms. The Morgan fingerprint density at radius 2 is 1.37 bits per heavy atom. The Hall–Kier alpha value is -3.12. The summed E-state index contributed by atoms with van der Waals surface area (Å²) < 4.78 is 0. The molecule has 2 aromatic rings. The zero-order valence-corrected chi connectivity index (χ0v) is 22.8. The summed E-state index contributed by atoms with van der Waals surface area (Å²) in [6, 6.07) is 16.8. The number of anilines is 1. The monoisotopic (exact) mass is 535 g/mol. The molecule has 1 fully saturated rings.